The van der Waals surface area contributed by atoms with Crippen LogP contribution in [0.2, 0.25) is 0 Å². The average molecular weight is 244 g/mol. The maximum atomic E-state index is 11.6. The highest BCUT2D eigenvalue weighted by atomic mass is 16.6. The fraction of sp³-hybridized carbons (Fsp3) is 0.917. The molecule has 2 N–H and O–H groups in total. The number of carbonyl (C=O) groups is 1. The molecule has 5 heteroatoms. The third-order valence-corrected chi connectivity index (χ3v) is 2.56. The van der Waals surface area contributed by atoms with Gasteiger partial charge in [-0.25, -0.2) is 4.79 Å². The second kappa shape index (κ2) is 6.21. The molecule has 0 aliphatic carbocycles. The molecule has 0 saturated carbocycles. The molecule has 0 aromatic heterocycles. The first-order valence-corrected chi connectivity index (χ1v) is 6.10. The van der Waals surface area contributed by atoms with Crippen molar-refractivity contribution in [3.63, 3.8) is 0 Å². The Morgan fingerprint density at radius 2 is 2.12 bits per heavy atom. The lowest BCUT2D eigenvalue weighted by molar-refractivity contribution is 0.0476. The lowest BCUT2D eigenvalue weighted by Gasteiger charge is -2.31. The van der Waals surface area contributed by atoms with E-state index >= 15 is 0 Å². The lowest BCUT2D eigenvalue weighted by Crippen LogP contribution is -2.50. The van der Waals surface area contributed by atoms with Gasteiger partial charge in [0.1, 0.15) is 5.60 Å². The molecule has 1 aliphatic rings. The van der Waals surface area contributed by atoms with Crippen LogP contribution in [0.4, 0.5) is 4.79 Å². The van der Waals surface area contributed by atoms with Crippen LogP contribution in [0.5, 0.6) is 0 Å². The van der Waals surface area contributed by atoms with Gasteiger partial charge in [-0.05, 0) is 33.1 Å². The number of piperidine rings is 1. The molecule has 2 atom stereocenters. The largest absolute Gasteiger partial charge is 0.444 e. The minimum Gasteiger partial charge on any atom is -0.444 e. The molecule has 1 rings (SSSR count). The van der Waals surface area contributed by atoms with E-state index in [-0.39, 0.29) is 12.1 Å². The summed E-state index contributed by atoms with van der Waals surface area (Å²) < 4.78 is 10.4. The van der Waals surface area contributed by atoms with Crippen molar-refractivity contribution >= 4 is 6.09 Å². The van der Waals surface area contributed by atoms with Gasteiger partial charge in [0.05, 0.1) is 6.61 Å². The summed E-state index contributed by atoms with van der Waals surface area (Å²) in [5.74, 6) is 0.452. The van der Waals surface area contributed by atoms with Crippen molar-refractivity contribution in [1.82, 2.24) is 10.6 Å². The first kappa shape index (κ1) is 14.3. The van der Waals surface area contributed by atoms with Crippen LogP contribution in [0.25, 0.3) is 0 Å². The third kappa shape index (κ3) is 5.89. The number of nitrogens with one attached hydrogen (secondary N) is 2. The van der Waals surface area contributed by atoms with Crippen molar-refractivity contribution in [2.75, 3.05) is 26.8 Å². The molecule has 17 heavy (non-hydrogen) atoms. The van der Waals surface area contributed by atoms with Gasteiger partial charge in [0.25, 0.3) is 0 Å². The van der Waals surface area contributed by atoms with Crippen molar-refractivity contribution in [3.8, 4) is 0 Å². The van der Waals surface area contributed by atoms with Crippen molar-refractivity contribution in [3.05, 3.63) is 0 Å². The molecule has 5 nitrogen and oxygen atoms in total. The molecular weight excluding hydrogens is 220 g/mol. The molecule has 1 heterocycles. The average Bonchev–Trinajstić information content (AvgIpc) is 2.15. The van der Waals surface area contributed by atoms with Gasteiger partial charge in [-0.2, -0.15) is 0 Å². The molecule has 100 valence electrons. The quantitative estimate of drug-likeness (QED) is 0.781. The summed E-state index contributed by atoms with van der Waals surface area (Å²) >= 11 is 0. The summed E-state index contributed by atoms with van der Waals surface area (Å²) in [7, 11) is 1.70. The van der Waals surface area contributed by atoms with Gasteiger partial charge in [-0.1, -0.05) is 0 Å². The Bertz CT molecular complexity index is 249. The van der Waals surface area contributed by atoms with Crippen LogP contribution in [-0.4, -0.2) is 44.5 Å². The Morgan fingerprint density at radius 3 is 2.71 bits per heavy atom. The van der Waals surface area contributed by atoms with E-state index in [9.17, 15) is 4.79 Å². The van der Waals surface area contributed by atoms with E-state index in [0.717, 1.165) is 26.1 Å². The lowest BCUT2D eigenvalue weighted by atomic mass is 9.97. The molecule has 0 bridgehead atoms. The van der Waals surface area contributed by atoms with Gasteiger partial charge in [0.15, 0.2) is 0 Å². The van der Waals surface area contributed by atoms with Crippen molar-refractivity contribution in [1.29, 1.82) is 0 Å². The predicted molar refractivity (Wildman–Crippen MR) is 66.0 cm³/mol. The van der Waals surface area contributed by atoms with Gasteiger partial charge in [-0.15, -0.1) is 0 Å². The SMILES string of the molecule is COCC1CNCC(NC(=O)OC(C)(C)C)C1. The normalized spacial score (nSPS) is 25.4. The summed E-state index contributed by atoms with van der Waals surface area (Å²) in [6, 6.07) is 0.124. The van der Waals surface area contributed by atoms with E-state index in [0.29, 0.717) is 5.92 Å². The standard InChI is InChI=1S/C12H24N2O3/c1-12(2,3)17-11(15)14-10-5-9(8-16-4)6-13-7-10/h9-10,13H,5-8H2,1-4H3,(H,14,15). The zero-order valence-corrected chi connectivity index (χ0v) is 11.2. The highest BCUT2D eigenvalue weighted by molar-refractivity contribution is 5.68. The summed E-state index contributed by atoms with van der Waals surface area (Å²) in [5.41, 5.74) is -0.446. The van der Waals surface area contributed by atoms with Crippen molar-refractivity contribution < 1.29 is 14.3 Å². The first-order chi connectivity index (χ1) is 7.90. The van der Waals surface area contributed by atoms with Crippen LogP contribution in [-0.2, 0) is 9.47 Å². The van der Waals surface area contributed by atoms with E-state index in [1.54, 1.807) is 7.11 Å². The number of methoxy groups -OCH3 is 1. The zero-order chi connectivity index (χ0) is 12.9. The number of ether oxygens (including phenoxy) is 2. The second-order valence-corrected chi connectivity index (χ2v) is 5.56. The molecule has 0 aromatic rings. The Morgan fingerprint density at radius 1 is 1.41 bits per heavy atom. The molecule has 1 aliphatic heterocycles. The smallest absolute Gasteiger partial charge is 0.407 e. The highest BCUT2D eigenvalue weighted by Gasteiger charge is 2.25. The molecule has 1 fully saturated rings. The number of amides is 1. The minimum absolute atomic E-state index is 0.124. The molecule has 1 amide bonds. The first-order valence-electron chi connectivity index (χ1n) is 6.10. The third-order valence-electron chi connectivity index (χ3n) is 2.56. The molecule has 0 radical (unpaired) electrons. The summed E-state index contributed by atoms with van der Waals surface area (Å²) in [6.07, 6.45) is 0.586. The van der Waals surface area contributed by atoms with Crippen LogP contribution in [0, 0.1) is 5.92 Å². The molecule has 0 spiro atoms. The molecular formula is C12H24N2O3. The Balaban J connectivity index is 2.33. The fourth-order valence-corrected chi connectivity index (χ4v) is 1.98. The summed E-state index contributed by atoms with van der Waals surface area (Å²) in [4.78, 5) is 11.6. The Kier molecular flexibility index (Phi) is 5.21. The van der Waals surface area contributed by atoms with Crippen LogP contribution in [0.1, 0.15) is 27.2 Å². The number of hydrogen-bond acceptors (Lipinski definition) is 4. The van der Waals surface area contributed by atoms with Crippen LogP contribution in [0.15, 0.2) is 0 Å². The van der Waals surface area contributed by atoms with Crippen molar-refractivity contribution in [2.45, 2.75) is 38.8 Å². The van der Waals surface area contributed by atoms with Crippen LogP contribution >= 0.6 is 0 Å². The van der Waals surface area contributed by atoms with E-state index in [2.05, 4.69) is 10.6 Å². The Labute approximate surface area is 103 Å². The van der Waals surface area contributed by atoms with E-state index in [4.69, 9.17) is 9.47 Å². The topological polar surface area (TPSA) is 59.6 Å². The summed E-state index contributed by atoms with van der Waals surface area (Å²) in [6.45, 7) is 8.04. The number of rotatable bonds is 3. The molecule has 0 aromatic carbocycles. The second-order valence-electron chi connectivity index (χ2n) is 5.56. The molecule has 2 unspecified atom stereocenters. The predicted octanol–water partition coefficient (Wildman–Crippen LogP) is 1.14. The van der Waals surface area contributed by atoms with E-state index in [1.807, 2.05) is 20.8 Å². The van der Waals surface area contributed by atoms with Gasteiger partial charge >= 0.3 is 6.09 Å². The Hall–Kier alpha value is -0.810. The van der Waals surface area contributed by atoms with Gasteiger partial charge in [0, 0.05) is 26.2 Å². The van der Waals surface area contributed by atoms with E-state index < -0.39 is 5.60 Å². The monoisotopic (exact) mass is 244 g/mol. The number of alkyl carbamates (subject to hydrolysis) is 1. The van der Waals surface area contributed by atoms with Crippen LogP contribution < -0.4 is 10.6 Å². The maximum absolute atomic E-state index is 11.6. The molecule has 1 saturated heterocycles. The zero-order valence-electron chi connectivity index (χ0n) is 11.2. The summed E-state index contributed by atoms with van der Waals surface area (Å²) in [5, 5.41) is 6.17. The van der Waals surface area contributed by atoms with E-state index in [1.165, 1.54) is 0 Å². The van der Waals surface area contributed by atoms with Gasteiger partial charge in [0.2, 0.25) is 0 Å². The number of carbonyl (C=O) groups excluding carboxylic acids is 1. The minimum atomic E-state index is -0.446. The van der Waals surface area contributed by atoms with Gasteiger partial charge < -0.3 is 20.1 Å². The maximum Gasteiger partial charge on any atom is 0.407 e. The fourth-order valence-electron chi connectivity index (χ4n) is 1.98. The number of hydrogen-bond donors (Lipinski definition) is 2. The highest BCUT2D eigenvalue weighted by Crippen LogP contribution is 2.12. The van der Waals surface area contributed by atoms with Gasteiger partial charge in [-0.3, -0.25) is 0 Å². The van der Waals surface area contributed by atoms with Crippen LogP contribution in [0.3, 0.4) is 0 Å². The van der Waals surface area contributed by atoms with Crippen molar-refractivity contribution in [2.24, 2.45) is 5.92 Å².